The van der Waals surface area contributed by atoms with Crippen LogP contribution in [0.5, 0.6) is 0 Å². The fourth-order valence-electron chi connectivity index (χ4n) is 2.02. The van der Waals surface area contributed by atoms with Crippen LogP contribution in [-0.4, -0.2) is 10.4 Å². The molecule has 1 heterocycles. The Morgan fingerprint density at radius 3 is 2.48 bits per heavy atom. The van der Waals surface area contributed by atoms with E-state index in [4.69, 9.17) is 11.1 Å². The Kier molecular flexibility index (Phi) is 3.59. The monoisotopic (exact) mass is 295 g/mol. The minimum absolute atomic E-state index is 0.120. The lowest BCUT2D eigenvalue weighted by Gasteiger charge is -2.17. The predicted octanol–water partition coefficient (Wildman–Crippen LogP) is 2.45. The number of halogens is 3. The molecular formula is C14H12F3N3O. The lowest BCUT2D eigenvalue weighted by Crippen LogP contribution is -2.24. The van der Waals surface area contributed by atoms with Crippen LogP contribution < -0.4 is 11.2 Å². The highest BCUT2D eigenvalue weighted by Gasteiger charge is 2.33. The van der Waals surface area contributed by atoms with Crippen molar-refractivity contribution in [1.82, 2.24) is 4.57 Å². The van der Waals surface area contributed by atoms with Gasteiger partial charge in [0.15, 0.2) is 5.43 Å². The molecule has 4 nitrogen and oxygen atoms in total. The summed E-state index contributed by atoms with van der Waals surface area (Å²) in [6.45, 7) is 1.51. The number of nitrogens with zero attached hydrogens (tertiary/aromatic N) is 1. The number of benzene rings is 1. The molecule has 2 rings (SSSR count). The third kappa shape index (κ3) is 2.81. The summed E-state index contributed by atoms with van der Waals surface area (Å²) in [5.41, 5.74) is 4.02. The van der Waals surface area contributed by atoms with Crippen molar-refractivity contribution in [3.63, 3.8) is 0 Å². The fourth-order valence-corrected chi connectivity index (χ4v) is 2.02. The zero-order chi connectivity index (χ0) is 15.8. The van der Waals surface area contributed by atoms with Gasteiger partial charge in [-0.15, -0.1) is 0 Å². The van der Waals surface area contributed by atoms with E-state index in [2.05, 4.69) is 0 Å². The van der Waals surface area contributed by atoms with E-state index in [-0.39, 0.29) is 11.3 Å². The molecule has 1 aromatic heterocycles. The average molecular weight is 295 g/mol. The molecule has 0 saturated heterocycles. The van der Waals surface area contributed by atoms with Crippen molar-refractivity contribution in [2.24, 2.45) is 5.73 Å². The minimum atomic E-state index is -4.53. The highest BCUT2D eigenvalue weighted by atomic mass is 19.4. The number of alkyl halides is 3. The standard InChI is InChI=1S/C14H12F3N3O/c1-8-6-12(21)9(13(18)19)7-20(8)11-5-3-2-4-10(11)14(15,16)17/h2-7H,1H3,(H3,18,19). The maximum Gasteiger partial charge on any atom is 0.418 e. The zero-order valence-corrected chi connectivity index (χ0v) is 11.0. The molecule has 0 radical (unpaired) electrons. The van der Waals surface area contributed by atoms with Gasteiger partial charge in [0.05, 0.1) is 16.8 Å². The highest BCUT2D eigenvalue weighted by molar-refractivity contribution is 5.94. The van der Waals surface area contributed by atoms with Crippen LogP contribution in [0.2, 0.25) is 0 Å². The summed E-state index contributed by atoms with van der Waals surface area (Å²) >= 11 is 0. The number of pyridine rings is 1. The molecule has 2 aromatic rings. The Hall–Kier alpha value is -2.57. The van der Waals surface area contributed by atoms with Crippen LogP contribution in [-0.2, 0) is 6.18 Å². The van der Waals surface area contributed by atoms with Gasteiger partial charge in [-0.25, -0.2) is 0 Å². The van der Waals surface area contributed by atoms with E-state index in [0.717, 1.165) is 18.3 Å². The van der Waals surface area contributed by atoms with Crippen molar-refractivity contribution < 1.29 is 13.2 Å². The van der Waals surface area contributed by atoms with Crippen molar-refractivity contribution in [1.29, 1.82) is 5.41 Å². The number of aromatic nitrogens is 1. The third-order valence-corrected chi connectivity index (χ3v) is 3.00. The van der Waals surface area contributed by atoms with Gasteiger partial charge in [0.25, 0.3) is 0 Å². The van der Waals surface area contributed by atoms with E-state index in [0.29, 0.717) is 5.69 Å². The molecule has 0 spiro atoms. The number of hydrogen-bond donors (Lipinski definition) is 2. The first-order valence-electron chi connectivity index (χ1n) is 5.96. The normalized spacial score (nSPS) is 11.4. The van der Waals surface area contributed by atoms with Crippen LogP contribution in [0.4, 0.5) is 13.2 Å². The number of para-hydroxylation sites is 1. The summed E-state index contributed by atoms with van der Waals surface area (Å²) < 4.78 is 40.4. The summed E-state index contributed by atoms with van der Waals surface area (Å²) in [5.74, 6) is -0.488. The van der Waals surface area contributed by atoms with Gasteiger partial charge in [0.1, 0.15) is 5.84 Å². The van der Waals surface area contributed by atoms with Gasteiger partial charge in [-0.05, 0) is 19.1 Å². The Morgan fingerprint density at radius 1 is 1.29 bits per heavy atom. The molecule has 0 aliphatic heterocycles. The van der Waals surface area contributed by atoms with Crippen molar-refractivity contribution in [3.05, 3.63) is 63.6 Å². The third-order valence-electron chi connectivity index (χ3n) is 3.00. The van der Waals surface area contributed by atoms with Gasteiger partial charge in [-0.2, -0.15) is 13.2 Å². The van der Waals surface area contributed by atoms with E-state index >= 15 is 0 Å². The summed E-state index contributed by atoms with van der Waals surface area (Å²) in [5, 5.41) is 7.32. The molecular weight excluding hydrogens is 283 g/mol. The van der Waals surface area contributed by atoms with Crippen molar-refractivity contribution in [2.75, 3.05) is 0 Å². The molecule has 0 bridgehead atoms. The summed E-state index contributed by atoms with van der Waals surface area (Å²) in [6, 6.07) is 6.17. The summed E-state index contributed by atoms with van der Waals surface area (Å²) in [7, 11) is 0. The Bertz CT molecular complexity index is 763. The van der Waals surface area contributed by atoms with Crippen LogP contribution >= 0.6 is 0 Å². The molecule has 0 fully saturated rings. The smallest absolute Gasteiger partial charge is 0.384 e. The zero-order valence-electron chi connectivity index (χ0n) is 11.0. The van der Waals surface area contributed by atoms with Crippen LogP contribution in [0, 0.1) is 12.3 Å². The second kappa shape index (κ2) is 5.08. The molecule has 3 N–H and O–H groups in total. The first-order valence-corrected chi connectivity index (χ1v) is 5.96. The van der Waals surface area contributed by atoms with Crippen molar-refractivity contribution >= 4 is 5.84 Å². The summed E-state index contributed by atoms with van der Waals surface area (Å²) in [6.07, 6.45) is -3.37. The minimum Gasteiger partial charge on any atom is -0.384 e. The van der Waals surface area contributed by atoms with Gasteiger partial charge >= 0.3 is 6.18 Å². The van der Waals surface area contributed by atoms with Gasteiger partial charge in [-0.3, -0.25) is 10.2 Å². The molecule has 0 atom stereocenters. The Morgan fingerprint density at radius 2 is 1.90 bits per heavy atom. The van der Waals surface area contributed by atoms with E-state index in [1.54, 1.807) is 0 Å². The predicted molar refractivity (Wildman–Crippen MR) is 72.8 cm³/mol. The average Bonchev–Trinajstić information content (AvgIpc) is 2.37. The second-order valence-corrected chi connectivity index (χ2v) is 4.49. The highest BCUT2D eigenvalue weighted by Crippen LogP contribution is 2.33. The number of rotatable bonds is 2. The van der Waals surface area contributed by atoms with E-state index in [1.807, 2.05) is 0 Å². The van der Waals surface area contributed by atoms with Crippen molar-refractivity contribution in [3.8, 4) is 5.69 Å². The molecule has 1 aromatic carbocycles. The SMILES string of the molecule is Cc1cc(=O)c(C(=N)N)cn1-c1ccccc1C(F)(F)F. The summed E-state index contributed by atoms with van der Waals surface area (Å²) in [4.78, 5) is 11.7. The van der Waals surface area contributed by atoms with Gasteiger partial charge < -0.3 is 10.3 Å². The first kappa shape index (κ1) is 14.8. The number of amidine groups is 1. The number of nitrogens with one attached hydrogen (secondary N) is 1. The van der Waals surface area contributed by atoms with E-state index < -0.39 is 23.0 Å². The molecule has 110 valence electrons. The lowest BCUT2D eigenvalue weighted by molar-refractivity contribution is -0.137. The molecule has 7 heteroatoms. The molecule has 0 amide bonds. The quantitative estimate of drug-likeness (QED) is 0.660. The van der Waals surface area contributed by atoms with Crippen LogP contribution in [0.25, 0.3) is 5.69 Å². The fraction of sp³-hybridized carbons (Fsp3) is 0.143. The van der Waals surface area contributed by atoms with Gasteiger partial charge in [-0.1, -0.05) is 12.1 Å². The van der Waals surface area contributed by atoms with Crippen LogP contribution in [0.15, 0.2) is 41.3 Å². The number of nitrogen functional groups attached to an aromatic ring is 1. The Balaban J connectivity index is 2.77. The molecule has 0 aliphatic carbocycles. The van der Waals surface area contributed by atoms with Crippen LogP contribution in [0.3, 0.4) is 0 Å². The lowest BCUT2D eigenvalue weighted by atomic mass is 10.1. The van der Waals surface area contributed by atoms with Gasteiger partial charge in [0, 0.05) is 18.0 Å². The largest absolute Gasteiger partial charge is 0.418 e. The number of aryl methyl sites for hydroxylation is 1. The van der Waals surface area contributed by atoms with E-state index in [9.17, 15) is 18.0 Å². The first-order chi connectivity index (χ1) is 9.71. The topological polar surface area (TPSA) is 71.9 Å². The maximum absolute atomic E-state index is 13.1. The van der Waals surface area contributed by atoms with Gasteiger partial charge in [0.2, 0.25) is 0 Å². The number of hydrogen-bond acceptors (Lipinski definition) is 2. The molecule has 0 saturated carbocycles. The molecule has 21 heavy (non-hydrogen) atoms. The molecule has 0 aliphatic rings. The second-order valence-electron chi connectivity index (χ2n) is 4.49. The maximum atomic E-state index is 13.1. The number of nitrogens with two attached hydrogens (primary N) is 1. The Labute approximate surface area is 118 Å². The molecule has 0 unspecified atom stereocenters. The van der Waals surface area contributed by atoms with Crippen molar-refractivity contribution in [2.45, 2.75) is 13.1 Å². The van der Waals surface area contributed by atoms with Crippen LogP contribution in [0.1, 0.15) is 16.8 Å². The van der Waals surface area contributed by atoms with E-state index in [1.165, 1.54) is 29.7 Å².